The summed E-state index contributed by atoms with van der Waals surface area (Å²) >= 11 is 0. The van der Waals surface area contributed by atoms with Crippen molar-refractivity contribution in [2.75, 3.05) is 18.0 Å². The lowest BCUT2D eigenvalue weighted by Crippen LogP contribution is -2.40. The van der Waals surface area contributed by atoms with Crippen molar-refractivity contribution in [2.24, 2.45) is 5.92 Å². The number of oxazole rings is 1. The first-order valence-corrected chi connectivity index (χ1v) is 12.8. The van der Waals surface area contributed by atoms with Crippen LogP contribution in [0.5, 0.6) is 0 Å². The molecule has 1 N–H and O–H groups in total. The van der Waals surface area contributed by atoms with Crippen LogP contribution in [-0.4, -0.2) is 33.8 Å². The number of carbonyl (C=O) groups is 1. The number of benzene rings is 3. The second-order valence-electron chi connectivity index (χ2n) is 9.50. The third-order valence-corrected chi connectivity index (χ3v) is 6.94. The summed E-state index contributed by atoms with van der Waals surface area (Å²) in [5.41, 5.74) is 5.80. The van der Waals surface area contributed by atoms with Gasteiger partial charge in [-0.05, 0) is 30.5 Å². The molecule has 0 saturated carbocycles. The summed E-state index contributed by atoms with van der Waals surface area (Å²) in [5, 5.41) is 8.05. The van der Waals surface area contributed by atoms with Gasteiger partial charge >= 0.3 is 0 Å². The van der Waals surface area contributed by atoms with Gasteiger partial charge in [0.1, 0.15) is 5.52 Å². The van der Waals surface area contributed by atoms with Gasteiger partial charge in [-0.3, -0.25) is 9.48 Å². The number of hydrogen-bond acceptors (Lipinski definition) is 5. The molecule has 5 aromatic rings. The molecule has 186 valence electrons. The molecule has 0 spiro atoms. The van der Waals surface area contributed by atoms with E-state index in [1.165, 1.54) is 5.56 Å². The smallest absolute Gasteiger partial charge is 0.298 e. The zero-order valence-electron chi connectivity index (χ0n) is 20.6. The molecule has 6 rings (SSSR count). The second-order valence-corrected chi connectivity index (χ2v) is 9.50. The predicted molar refractivity (Wildman–Crippen MR) is 144 cm³/mol. The Labute approximate surface area is 215 Å². The minimum Gasteiger partial charge on any atom is -0.423 e. The summed E-state index contributed by atoms with van der Waals surface area (Å²) < 4.78 is 7.87. The van der Waals surface area contributed by atoms with Crippen molar-refractivity contribution >= 4 is 23.0 Å². The lowest BCUT2D eigenvalue weighted by atomic mass is 9.96. The van der Waals surface area contributed by atoms with E-state index in [1.807, 2.05) is 71.5 Å². The van der Waals surface area contributed by atoms with Gasteiger partial charge in [0.2, 0.25) is 5.91 Å². The van der Waals surface area contributed by atoms with Crippen LogP contribution in [0.4, 0.5) is 6.01 Å². The van der Waals surface area contributed by atoms with E-state index in [9.17, 15) is 4.79 Å². The average Bonchev–Trinajstić information content (AvgIpc) is 3.57. The van der Waals surface area contributed by atoms with Crippen molar-refractivity contribution in [1.29, 1.82) is 0 Å². The number of nitrogens with zero attached hydrogens (tertiary/aromatic N) is 4. The normalized spacial score (nSPS) is 14.2. The molecular formula is C30H29N5O2. The van der Waals surface area contributed by atoms with E-state index < -0.39 is 0 Å². The van der Waals surface area contributed by atoms with Crippen LogP contribution < -0.4 is 10.2 Å². The first-order chi connectivity index (χ1) is 18.2. The molecule has 1 aliphatic rings. The number of amides is 1. The van der Waals surface area contributed by atoms with Crippen molar-refractivity contribution in [3.63, 3.8) is 0 Å². The number of anilines is 1. The number of piperidine rings is 1. The standard InChI is InChI=1S/C30H29N5O2/c36-29(24-15-17-34(18-16-24)30-32-26-13-7-8-14-27(26)37-30)31-19-25-21-35(20-22-9-3-1-4-10-22)33-28(25)23-11-5-2-6-12-23/h1-14,21,24H,15-20H2,(H,31,36). The first kappa shape index (κ1) is 23.0. The van der Waals surface area contributed by atoms with E-state index in [2.05, 4.69) is 39.5 Å². The highest BCUT2D eigenvalue weighted by molar-refractivity contribution is 5.79. The molecular weight excluding hydrogens is 462 g/mol. The van der Waals surface area contributed by atoms with E-state index >= 15 is 0 Å². The molecule has 1 aliphatic heterocycles. The van der Waals surface area contributed by atoms with Crippen molar-refractivity contribution in [1.82, 2.24) is 20.1 Å². The van der Waals surface area contributed by atoms with E-state index in [4.69, 9.17) is 9.52 Å². The molecule has 1 amide bonds. The molecule has 37 heavy (non-hydrogen) atoms. The van der Waals surface area contributed by atoms with Crippen LogP contribution in [-0.2, 0) is 17.9 Å². The van der Waals surface area contributed by atoms with Gasteiger partial charge in [-0.25, -0.2) is 0 Å². The Morgan fingerprint density at radius 3 is 2.38 bits per heavy atom. The molecule has 0 bridgehead atoms. The average molecular weight is 492 g/mol. The summed E-state index contributed by atoms with van der Waals surface area (Å²) in [5.74, 6) is 0.0622. The van der Waals surface area contributed by atoms with Crippen LogP contribution >= 0.6 is 0 Å². The highest BCUT2D eigenvalue weighted by atomic mass is 16.4. The van der Waals surface area contributed by atoms with Gasteiger partial charge in [0.25, 0.3) is 6.01 Å². The SMILES string of the molecule is O=C(NCc1cn(Cc2ccccc2)nc1-c1ccccc1)C1CCN(c2nc3ccccc3o2)CC1. The number of aromatic nitrogens is 3. The van der Waals surface area contributed by atoms with E-state index in [0.29, 0.717) is 19.1 Å². The summed E-state index contributed by atoms with van der Waals surface area (Å²) in [7, 11) is 0. The molecule has 0 radical (unpaired) electrons. The number of nitrogens with one attached hydrogen (secondary N) is 1. The van der Waals surface area contributed by atoms with Gasteiger partial charge in [0.05, 0.1) is 12.2 Å². The van der Waals surface area contributed by atoms with Crippen LogP contribution in [0.1, 0.15) is 24.0 Å². The predicted octanol–water partition coefficient (Wildman–Crippen LogP) is 5.27. The molecule has 0 unspecified atom stereocenters. The molecule has 7 heteroatoms. The molecule has 3 heterocycles. The van der Waals surface area contributed by atoms with Gasteiger partial charge in [0.15, 0.2) is 5.58 Å². The van der Waals surface area contributed by atoms with Crippen molar-refractivity contribution in [3.8, 4) is 11.3 Å². The quantitative estimate of drug-likeness (QED) is 0.336. The minimum atomic E-state index is -0.0276. The maximum atomic E-state index is 13.1. The topological polar surface area (TPSA) is 76.2 Å². The summed E-state index contributed by atoms with van der Waals surface area (Å²) in [6.07, 6.45) is 3.58. The summed E-state index contributed by atoms with van der Waals surface area (Å²) in [6.45, 7) is 2.62. The third-order valence-electron chi connectivity index (χ3n) is 6.94. The zero-order chi connectivity index (χ0) is 25.0. The Kier molecular flexibility index (Phi) is 6.42. The van der Waals surface area contributed by atoms with Gasteiger partial charge in [-0.1, -0.05) is 72.8 Å². The number of carbonyl (C=O) groups excluding carboxylic acids is 1. The highest BCUT2D eigenvalue weighted by Gasteiger charge is 2.27. The van der Waals surface area contributed by atoms with Crippen molar-refractivity contribution < 1.29 is 9.21 Å². The number of fused-ring (bicyclic) bond motifs is 1. The van der Waals surface area contributed by atoms with Crippen molar-refractivity contribution in [2.45, 2.75) is 25.9 Å². The van der Waals surface area contributed by atoms with Gasteiger partial charge in [-0.2, -0.15) is 10.1 Å². The Morgan fingerprint density at radius 2 is 1.62 bits per heavy atom. The Hall–Kier alpha value is -4.39. The number of para-hydroxylation sites is 2. The monoisotopic (exact) mass is 491 g/mol. The maximum Gasteiger partial charge on any atom is 0.298 e. The third kappa shape index (κ3) is 5.11. The minimum absolute atomic E-state index is 0.0276. The van der Waals surface area contributed by atoms with Gasteiger partial charge in [0, 0.05) is 42.9 Å². The maximum absolute atomic E-state index is 13.1. The first-order valence-electron chi connectivity index (χ1n) is 12.8. The van der Waals surface area contributed by atoms with Gasteiger partial charge < -0.3 is 14.6 Å². The lowest BCUT2D eigenvalue weighted by Gasteiger charge is -2.30. The molecule has 2 aromatic heterocycles. The van der Waals surface area contributed by atoms with Crippen LogP contribution in [0, 0.1) is 5.92 Å². The lowest BCUT2D eigenvalue weighted by molar-refractivity contribution is -0.125. The van der Waals surface area contributed by atoms with Gasteiger partial charge in [-0.15, -0.1) is 0 Å². The second kappa shape index (κ2) is 10.3. The highest BCUT2D eigenvalue weighted by Crippen LogP contribution is 2.27. The molecule has 1 fully saturated rings. The number of rotatable bonds is 7. The van der Waals surface area contributed by atoms with Crippen LogP contribution in [0.2, 0.25) is 0 Å². The molecule has 0 atom stereocenters. The van der Waals surface area contributed by atoms with Crippen LogP contribution in [0.15, 0.2) is 95.5 Å². The fourth-order valence-electron chi connectivity index (χ4n) is 4.94. The molecule has 0 aliphatic carbocycles. The van der Waals surface area contributed by atoms with E-state index in [1.54, 1.807) is 0 Å². The largest absolute Gasteiger partial charge is 0.423 e. The fourth-order valence-corrected chi connectivity index (χ4v) is 4.94. The van der Waals surface area contributed by atoms with Crippen LogP contribution in [0.25, 0.3) is 22.4 Å². The van der Waals surface area contributed by atoms with Crippen molar-refractivity contribution in [3.05, 3.63) is 102 Å². The Morgan fingerprint density at radius 1 is 0.919 bits per heavy atom. The molecule has 7 nitrogen and oxygen atoms in total. The molecule has 3 aromatic carbocycles. The fraction of sp³-hybridized carbons (Fsp3) is 0.233. The summed E-state index contributed by atoms with van der Waals surface area (Å²) in [4.78, 5) is 19.8. The zero-order valence-corrected chi connectivity index (χ0v) is 20.6. The Balaban J connectivity index is 1.11. The molecule has 1 saturated heterocycles. The number of hydrogen-bond donors (Lipinski definition) is 1. The Bertz CT molecular complexity index is 1450. The van der Waals surface area contributed by atoms with Crippen LogP contribution in [0.3, 0.4) is 0 Å². The summed E-state index contributed by atoms with van der Waals surface area (Å²) in [6, 6.07) is 28.8. The van der Waals surface area contributed by atoms with E-state index in [-0.39, 0.29) is 11.8 Å². The van der Waals surface area contributed by atoms with E-state index in [0.717, 1.165) is 53.9 Å².